The Hall–Kier alpha value is -2.23. The van der Waals surface area contributed by atoms with Crippen molar-refractivity contribution in [1.82, 2.24) is 19.7 Å². The molecule has 3 aromatic rings. The minimum absolute atomic E-state index is 0.745. The zero-order valence-corrected chi connectivity index (χ0v) is 8.83. The molecule has 0 fully saturated rings. The summed E-state index contributed by atoms with van der Waals surface area (Å²) >= 11 is 0. The molecule has 0 radical (unpaired) electrons. The van der Waals surface area contributed by atoms with Gasteiger partial charge in [0.25, 0.3) is 0 Å². The van der Waals surface area contributed by atoms with E-state index in [0.717, 1.165) is 22.5 Å². The molecule has 0 unspecified atom stereocenters. The zero-order chi connectivity index (χ0) is 11.0. The minimum Gasteiger partial charge on any atom is -0.229 e. The number of benzene rings is 1. The number of fused-ring (bicyclic) bond motifs is 1. The maximum Gasteiger partial charge on any atom is 0.155 e. The molecule has 0 aliphatic carbocycles. The molecule has 2 heterocycles. The van der Waals surface area contributed by atoms with Gasteiger partial charge in [-0.1, -0.05) is 18.2 Å². The van der Waals surface area contributed by atoms with Gasteiger partial charge in [0.15, 0.2) is 5.82 Å². The molecule has 1 aromatic carbocycles. The average Bonchev–Trinajstić information content (AvgIpc) is 2.75. The summed E-state index contributed by atoms with van der Waals surface area (Å²) in [7, 11) is 0. The molecule has 4 nitrogen and oxygen atoms in total. The lowest BCUT2D eigenvalue weighted by Gasteiger charge is -2.01. The van der Waals surface area contributed by atoms with Gasteiger partial charge < -0.3 is 0 Å². The molecule has 0 aliphatic rings. The molecule has 78 valence electrons. The Labute approximate surface area is 92.6 Å². The number of para-hydroxylation sites is 1. The van der Waals surface area contributed by atoms with Gasteiger partial charge in [-0.25, -0.2) is 14.6 Å². The summed E-state index contributed by atoms with van der Waals surface area (Å²) in [6, 6.07) is 12.0. The highest BCUT2D eigenvalue weighted by Gasteiger charge is 2.01. The van der Waals surface area contributed by atoms with Crippen molar-refractivity contribution in [2.45, 2.75) is 6.92 Å². The first-order valence-corrected chi connectivity index (χ1v) is 5.07. The number of hydrogen-bond acceptors (Lipinski definition) is 3. The van der Waals surface area contributed by atoms with Gasteiger partial charge in [0, 0.05) is 5.39 Å². The van der Waals surface area contributed by atoms with Crippen molar-refractivity contribution in [3.63, 3.8) is 0 Å². The van der Waals surface area contributed by atoms with Crippen LogP contribution in [0.4, 0.5) is 0 Å². The maximum atomic E-state index is 4.52. The lowest BCUT2D eigenvalue weighted by atomic mass is 10.2. The van der Waals surface area contributed by atoms with Crippen LogP contribution in [0.3, 0.4) is 0 Å². The van der Waals surface area contributed by atoms with Crippen LogP contribution in [0.15, 0.2) is 42.7 Å². The summed E-state index contributed by atoms with van der Waals surface area (Å²) in [4.78, 5) is 8.60. The summed E-state index contributed by atoms with van der Waals surface area (Å²) in [5.74, 6) is 1.54. The van der Waals surface area contributed by atoms with E-state index < -0.39 is 0 Å². The Morgan fingerprint density at radius 2 is 1.94 bits per heavy atom. The molecule has 3 rings (SSSR count). The Morgan fingerprint density at radius 1 is 1.06 bits per heavy atom. The second kappa shape index (κ2) is 3.41. The number of aromatic nitrogens is 4. The Kier molecular flexibility index (Phi) is 1.93. The van der Waals surface area contributed by atoms with Crippen LogP contribution < -0.4 is 0 Å². The molecule has 0 aliphatic heterocycles. The fourth-order valence-electron chi connectivity index (χ4n) is 1.64. The molecular formula is C12H10N4. The van der Waals surface area contributed by atoms with Crippen molar-refractivity contribution in [3.8, 4) is 5.82 Å². The van der Waals surface area contributed by atoms with E-state index in [4.69, 9.17) is 0 Å². The molecule has 0 saturated heterocycles. The number of rotatable bonds is 1. The van der Waals surface area contributed by atoms with Crippen LogP contribution in [-0.2, 0) is 0 Å². The Bertz CT molecular complexity index is 642. The third kappa shape index (κ3) is 1.44. The van der Waals surface area contributed by atoms with Crippen LogP contribution in [0.5, 0.6) is 0 Å². The van der Waals surface area contributed by atoms with E-state index in [1.807, 2.05) is 43.3 Å². The fourth-order valence-corrected chi connectivity index (χ4v) is 1.64. The van der Waals surface area contributed by atoms with Crippen LogP contribution in [-0.4, -0.2) is 19.7 Å². The first-order chi connectivity index (χ1) is 7.83. The number of hydrogen-bond donors (Lipinski definition) is 0. The highest BCUT2D eigenvalue weighted by molar-refractivity contribution is 5.79. The molecule has 16 heavy (non-hydrogen) atoms. The average molecular weight is 210 g/mol. The van der Waals surface area contributed by atoms with Crippen molar-refractivity contribution < 1.29 is 0 Å². The van der Waals surface area contributed by atoms with Gasteiger partial charge in [-0.2, -0.15) is 5.10 Å². The van der Waals surface area contributed by atoms with Gasteiger partial charge in [0.2, 0.25) is 0 Å². The monoisotopic (exact) mass is 210 g/mol. The second-order valence-corrected chi connectivity index (χ2v) is 3.60. The third-order valence-electron chi connectivity index (χ3n) is 2.42. The van der Waals surface area contributed by atoms with E-state index in [9.17, 15) is 0 Å². The van der Waals surface area contributed by atoms with Gasteiger partial charge >= 0.3 is 0 Å². The lowest BCUT2D eigenvalue weighted by molar-refractivity contribution is 0.837. The van der Waals surface area contributed by atoms with Crippen LogP contribution in [0.2, 0.25) is 0 Å². The highest BCUT2D eigenvalue weighted by atomic mass is 15.4. The lowest BCUT2D eigenvalue weighted by Crippen LogP contribution is -1.98. The van der Waals surface area contributed by atoms with Crippen LogP contribution in [0.1, 0.15) is 5.82 Å². The van der Waals surface area contributed by atoms with Crippen molar-refractivity contribution in [2.75, 3.05) is 0 Å². The first kappa shape index (κ1) is 9.03. The molecule has 0 spiro atoms. The quantitative estimate of drug-likeness (QED) is 0.618. The maximum absolute atomic E-state index is 4.52. The largest absolute Gasteiger partial charge is 0.229 e. The summed E-state index contributed by atoms with van der Waals surface area (Å²) in [6.07, 6.45) is 1.67. The van der Waals surface area contributed by atoms with E-state index in [1.165, 1.54) is 0 Å². The summed E-state index contributed by atoms with van der Waals surface area (Å²) in [5.41, 5.74) is 0.966. The van der Waals surface area contributed by atoms with Crippen LogP contribution >= 0.6 is 0 Å². The van der Waals surface area contributed by atoms with Crippen molar-refractivity contribution in [3.05, 3.63) is 48.5 Å². The Morgan fingerprint density at radius 3 is 2.75 bits per heavy atom. The fraction of sp³-hybridized carbons (Fsp3) is 0.0833. The summed E-state index contributed by atoms with van der Waals surface area (Å²) in [5, 5.41) is 5.36. The van der Waals surface area contributed by atoms with Gasteiger partial charge in [0.05, 0.1) is 5.52 Å². The van der Waals surface area contributed by atoms with Crippen molar-refractivity contribution in [2.24, 2.45) is 0 Å². The predicted octanol–water partition coefficient (Wildman–Crippen LogP) is 2.12. The van der Waals surface area contributed by atoms with Gasteiger partial charge in [-0.05, 0) is 25.1 Å². The third-order valence-corrected chi connectivity index (χ3v) is 2.42. The molecule has 0 atom stereocenters. The van der Waals surface area contributed by atoms with Crippen LogP contribution in [0.25, 0.3) is 16.7 Å². The minimum atomic E-state index is 0.745. The summed E-state index contributed by atoms with van der Waals surface area (Å²) < 4.78 is 1.68. The molecule has 2 aromatic heterocycles. The molecule has 0 bridgehead atoms. The van der Waals surface area contributed by atoms with E-state index in [-0.39, 0.29) is 0 Å². The topological polar surface area (TPSA) is 43.6 Å². The predicted molar refractivity (Wildman–Crippen MR) is 61.4 cm³/mol. The zero-order valence-electron chi connectivity index (χ0n) is 8.83. The number of pyridine rings is 1. The van der Waals surface area contributed by atoms with E-state index in [1.54, 1.807) is 11.0 Å². The van der Waals surface area contributed by atoms with Gasteiger partial charge in [-0.3, -0.25) is 0 Å². The molecule has 0 N–H and O–H groups in total. The van der Waals surface area contributed by atoms with E-state index >= 15 is 0 Å². The Balaban J connectivity index is 2.18. The second-order valence-electron chi connectivity index (χ2n) is 3.60. The first-order valence-electron chi connectivity index (χ1n) is 5.07. The number of aryl methyl sites for hydroxylation is 1. The molecule has 4 heteroatoms. The molecule has 0 amide bonds. The standard InChI is InChI=1S/C12H10N4/c1-9-13-8-16(15-9)12-7-6-10-4-2-3-5-11(10)14-12/h2-8H,1H3. The van der Waals surface area contributed by atoms with E-state index in [2.05, 4.69) is 15.1 Å². The van der Waals surface area contributed by atoms with E-state index in [0.29, 0.717) is 0 Å². The highest BCUT2D eigenvalue weighted by Crippen LogP contribution is 2.13. The smallest absolute Gasteiger partial charge is 0.155 e. The number of nitrogens with zero attached hydrogens (tertiary/aromatic N) is 4. The van der Waals surface area contributed by atoms with Crippen molar-refractivity contribution in [1.29, 1.82) is 0 Å². The SMILES string of the molecule is Cc1ncn(-c2ccc3ccccc3n2)n1. The molecular weight excluding hydrogens is 200 g/mol. The van der Waals surface area contributed by atoms with Crippen molar-refractivity contribution >= 4 is 10.9 Å². The van der Waals surface area contributed by atoms with Gasteiger partial charge in [0.1, 0.15) is 12.2 Å². The van der Waals surface area contributed by atoms with Crippen LogP contribution in [0, 0.1) is 6.92 Å². The summed E-state index contributed by atoms with van der Waals surface area (Å²) in [6.45, 7) is 1.86. The molecule has 0 saturated carbocycles. The normalized spacial score (nSPS) is 10.8. The van der Waals surface area contributed by atoms with Gasteiger partial charge in [-0.15, -0.1) is 0 Å².